The zero-order valence-electron chi connectivity index (χ0n) is 7.91. The number of rotatable bonds is 7. The van der Waals surface area contributed by atoms with Crippen LogP contribution >= 0.6 is 31.9 Å². The Labute approximate surface area is 92.5 Å². The molecule has 0 N–H and O–H groups in total. The lowest BCUT2D eigenvalue weighted by molar-refractivity contribution is 0.116. The van der Waals surface area contributed by atoms with Gasteiger partial charge in [0.2, 0.25) is 0 Å². The fourth-order valence-corrected chi connectivity index (χ4v) is 3.25. The molecule has 0 heterocycles. The maximum atomic E-state index is 5.35. The van der Waals surface area contributed by atoms with E-state index in [1.165, 1.54) is 6.42 Å². The number of hydrogen-bond donors (Lipinski definition) is 0. The van der Waals surface area contributed by atoms with Crippen molar-refractivity contribution in [1.29, 1.82) is 0 Å². The van der Waals surface area contributed by atoms with Crippen LogP contribution in [0.1, 0.15) is 26.7 Å². The van der Waals surface area contributed by atoms with Gasteiger partial charge in [0.05, 0.1) is 0 Å². The zero-order valence-corrected chi connectivity index (χ0v) is 11.1. The molecule has 0 saturated heterocycles. The van der Waals surface area contributed by atoms with Crippen LogP contribution in [0.4, 0.5) is 0 Å². The second-order valence-electron chi connectivity index (χ2n) is 3.07. The molecule has 0 bridgehead atoms. The summed E-state index contributed by atoms with van der Waals surface area (Å²) >= 11 is 7.12. The van der Waals surface area contributed by atoms with Gasteiger partial charge in [-0.15, -0.1) is 0 Å². The van der Waals surface area contributed by atoms with Crippen LogP contribution in [0.15, 0.2) is 0 Å². The van der Waals surface area contributed by atoms with Crippen molar-refractivity contribution < 1.29 is 4.74 Å². The van der Waals surface area contributed by atoms with Gasteiger partial charge in [0.25, 0.3) is 0 Å². The fraction of sp³-hybridized carbons (Fsp3) is 1.00. The Balaban J connectivity index is 3.76. The van der Waals surface area contributed by atoms with Crippen molar-refractivity contribution in [3.8, 4) is 0 Å². The molecule has 0 aliphatic heterocycles. The third-order valence-electron chi connectivity index (χ3n) is 2.30. The van der Waals surface area contributed by atoms with Crippen LogP contribution in [-0.4, -0.2) is 23.9 Å². The molecule has 0 rings (SSSR count). The maximum absolute atomic E-state index is 5.35. The average Bonchev–Trinajstić information content (AvgIpc) is 2.14. The highest BCUT2D eigenvalue weighted by molar-refractivity contribution is 9.09. The van der Waals surface area contributed by atoms with Gasteiger partial charge in [-0.05, 0) is 25.2 Å². The third kappa shape index (κ3) is 4.24. The Morgan fingerprint density at radius 3 is 2.08 bits per heavy atom. The molecule has 0 atom stereocenters. The van der Waals surface area contributed by atoms with Crippen LogP contribution < -0.4 is 0 Å². The highest BCUT2D eigenvalue weighted by Crippen LogP contribution is 2.31. The average molecular weight is 302 g/mol. The summed E-state index contributed by atoms with van der Waals surface area (Å²) in [5.74, 6) is 0. The van der Waals surface area contributed by atoms with Gasteiger partial charge < -0.3 is 4.74 Å². The summed E-state index contributed by atoms with van der Waals surface area (Å²) in [6.07, 6.45) is 2.32. The first-order valence-corrected chi connectivity index (χ1v) is 6.68. The van der Waals surface area contributed by atoms with Crippen molar-refractivity contribution in [2.45, 2.75) is 26.7 Å². The number of halogens is 2. The Kier molecular flexibility index (Phi) is 7.90. The molecule has 3 heteroatoms. The lowest BCUT2D eigenvalue weighted by atomic mass is 9.87. The smallest absolute Gasteiger partial charge is 0.0471 e. The first-order valence-electron chi connectivity index (χ1n) is 4.44. The van der Waals surface area contributed by atoms with Crippen LogP contribution in [0.2, 0.25) is 0 Å². The minimum absolute atomic E-state index is 0.384. The van der Waals surface area contributed by atoms with Crippen LogP contribution in [0.5, 0.6) is 0 Å². The molecular weight excluding hydrogens is 284 g/mol. The van der Waals surface area contributed by atoms with Crippen molar-refractivity contribution in [3.05, 3.63) is 0 Å². The quantitative estimate of drug-likeness (QED) is 0.516. The summed E-state index contributed by atoms with van der Waals surface area (Å²) in [6, 6.07) is 0. The highest BCUT2D eigenvalue weighted by atomic mass is 79.9. The SMILES string of the molecule is CCOCCC(CC)(CBr)CBr. The molecule has 0 spiro atoms. The second kappa shape index (κ2) is 7.34. The standard InChI is InChI=1S/C9H18Br2O/c1-3-9(7-10,8-11)5-6-12-4-2/h3-8H2,1-2H3. The Hall–Kier alpha value is 0.920. The van der Waals surface area contributed by atoms with E-state index in [0.29, 0.717) is 5.41 Å². The summed E-state index contributed by atoms with van der Waals surface area (Å²) in [5, 5.41) is 2.10. The summed E-state index contributed by atoms with van der Waals surface area (Å²) in [4.78, 5) is 0. The first-order chi connectivity index (χ1) is 5.74. The first kappa shape index (κ1) is 12.9. The van der Waals surface area contributed by atoms with Crippen molar-refractivity contribution in [2.75, 3.05) is 23.9 Å². The highest BCUT2D eigenvalue weighted by Gasteiger charge is 2.24. The van der Waals surface area contributed by atoms with Crippen molar-refractivity contribution in [3.63, 3.8) is 0 Å². The van der Waals surface area contributed by atoms with E-state index in [1.54, 1.807) is 0 Å². The Morgan fingerprint density at radius 1 is 1.17 bits per heavy atom. The van der Waals surface area contributed by atoms with Gasteiger partial charge in [-0.25, -0.2) is 0 Å². The normalized spacial score (nSPS) is 12.0. The van der Waals surface area contributed by atoms with Crippen molar-refractivity contribution in [2.24, 2.45) is 5.41 Å². The predicted molar refractivity (Wildman–Crippen MR) is 61.4 cm³/mol. The van der Waals surface area contributed by atoms with Crippen LogP contribution in [0, 0.1) is 5.41 Å². The van der Waals surface area contributed by atoms with E-state index in [2.05, 4.69) is 38.8 Å². The lowest BCUT2D eigenvalue weighted by Gasteiger charge is -2.28. The van der Waals surface area contributed by atoms with Gasteiger partial charge in [-0.2, -0.15) is 0 Å². The molecule has 1 nitrogen and oxygen atoms in total. The predicted octanol–water partition coefficient (Wildman–Crippen LogP) is 3.60. The summed E-state index contributed by atoms with van der Waals surface area (Å²) < 4.78 is 5.35. The molecule has 0 aromatic carbocycles. The van der Waals surface area contributed by atoms with Crippen molar-refractivity contribution in [1.82, 2.24) is 0 Å². The molecule has 0 aromatic heterocycles. The van der Waals surface area contributed by atoms with Gasteiger partial charge in [0.1, 0.15) is 0 Å². The van der Waals surface area contributed by atoms with E-state index in [0.717, 1.165) is 30.3 Å². The molecule has 0 aliphatic carbocycles. The van der Waals surface area contributed by atoms with E-state index in [4.69, 9.17) is 4.74 Å². The summed E-state index contributed by atoms with van der Waals surface area (Å²) in [5.41, 5.74) is 0.384. The minimum Gasteiger partial charge on any atom is -0.382 e. The molecule has 12 heavy (non-hydrogen) atoms. The summed E-state index contributed by atoms with van der Waals surface area (Å²) in [7, 11) is 0. The molecule has 0 unspecified atom stereocenters. The number of ether oxygens (including phenoxy) is 1. The second-order valence-corrected chi connectivity index (χ2v) is 4.19. The fourth-order valence-electron chi connectivity index (χ4n) is 0.968. The van der Waals surface area contributed by atoms with E-state index in [9.17, 15) is 0 Å². The maximum Gasteiger partial charge on any atom is 0.0471 e. The molecule has 0 aliphatic rings. The Bertz CT molecular complexity index is 94.4. The number of hydrogen-bond acceptors (Lipinski definition) is 1. The Morgan fingerprint density at radius 2 is 1.75 bits per heavy atom. The van der Waals surface area contributed by atoms with E-state index < -0.39 is 0 Å². The number of alkyl halides is 2. The van der Waals surface area contributed by atoms with Gasteiger partial charge in [-0.3, -0.25) is 0 Å². The van der Waals surface area contributed by atoms with Crippen LogP contribution in [0.3, 0.4) is 0 Å². The minimum atomic E-state index is 0.384. The monoisotopic (exact) mass is 300 g/mol. The third-order valence-corrected chi connectivity index (χ3v) is 4.68. The topological polar surface area (TPSA) is 9.23 Å². The van der Waals surface area contributed by atoms with Gasteiger partial charge >= 0.3 is 0 Å². The van der Waals surface area contributed by atoms with Gasteiger partial charge in [0, 0.05) is 23.9 Å². The molecule has 0 aromatic rings. The van der Waals surface area contributed by atoms with Crippen molar-refractivity contribution >= 4 is 31.9 Å². The van der Waals surface area contributed by atoms with Crippen LogP contribution in [-0.2, 0) is 4.74 Å². The van der Waals surface area contributed by atoms with Gasteiger partial charge in [-0.1, -0.05) is 38.8 Å². The van der Waals surface area contributed by atoms with E-state index in [1.807, 2.05) is 6.92 Å². The lowest BCUT2D eigenvalue weighted by Crippen LogP contribution is -2.25. The van der Waals surface area contributed by atoms with Crippen LogP contribution in [0.25, 0.3) is 0 Å². The summed E-state index contributed by atoms with van der Waals surface area (Å²) in [6.45, 7) is 5.97. The molecule has 0 radical (unpaired) electrons. The molecule has 0 saturated carbocycles. The molecule has 0 fully saturated rings. The van der Waals surface area contributed by atoms with E-state index in [-0.39, 0.29) is 0 Å². The largest absolute Gasteiger partial charge is 0.382 e. The van der Waals surface area contributed by atoms with Gasteiger partial charge in [0.15, 0.2) is 0 Å². The molecular formula is C9H18Br2O. The molecule has 74 valence electrons. The molecule has 0 amide bonds. The van der Waals surface area contributed by atoms with E-state index >= 15 is 0 Å². The zero-order chi connectivity index (χ0) is 9.45.